The highest BCUT2D eigenvalue weighted by Crippen LogP contribution is 2.17. The van der Waals surface area contributed by atoms with Crippen molar-refractivity contribution in [2.45, 2.75) is 19.9 Å². The molecule has 1 N–H and O–H groups in total. The van der Waals surface area contributed by atoms with Crippen LogP contribution >= 0.6 is 0 Å². The van der Waals surface area contributed by atoms with E-state index in [0.29, 0.717) is 18.6 Å². The van der Waals surface area contributed by atoms with Crippen LogP contribution in [0.4, 0.5) is 4.79 Å². The van der Waals surface area contributed by atoms with Crippen LogP contribution in [0.2, 0.25) is 0 Å². The molecule has 17 heavy (non-hydrogen) atoms. The van der Waals surface area contributed by atoms with Crippen LogP contribution in [-0.4, -0.2) is 67.8 Å². The minimum Gasteiger partial charge on any atom is -0.450 e. The average molecular weight is 241 g/mol. The van der Waals surface area contributed by atoms with E-state index in [0.717, 1.165) is 39.3 Å². The van der Waals surface area contributed by atoms with Crippen molar-refractivity contribution < 1.29 is 9.53 Å². The quantitative estimate of drug-likeness (QED) is 0.758. The first-order valence-electron chi connectivity index (χ1n) is 6.59. The van der Waals surface area contributed by atoms with Gasteiger partial charge in [-0.25, -0.2) is 4.79 Å². The van der Waals surface area contributed by atoms with Gasteiger partial charge in [-0.3, -0.25) is 4.90 Å². The summed E-state index contributed by atoms with van der Waals surface area (Å²) in [5.41, 5.74) is 0. The summed E-state index contributed by atoms with van der Waals surface area (Å²) in [6, 6.07) is 0.638. The standard InChI is InChI=1S/C12H23N3O2/c1-3-17-12(16)15-6-4-14(5-7-15)11-9-13-8-10(11)2/h10-11,13H,3-9H2,1-2H3. The third kappa shape index (κ3) is 2.90. The predicted octanol–water partition coefficient (Wildman–Crippen LogP) is 0.368. The molecule has 2 rings (SSSR count). The maximum Gasteiger partial charge on any atom is 0.409 e. The monoisotopic (exact) mass is 241 g/mol. The number of nitrogens with zero attached hydrogens (tertiary/aromatic N) is 2. The van der Waals surface area contributed by atoms with Crippen LogP contribution in [0.1, 0.15) is 13.8 Å². The van der Waals surface area contributed by atoms with Gasteiger partial charge in [-0.05, 0) is 19.4 Å². The van der Waals surface area contributed by atoms with Crippen molar-refractivity contribution in [3.05, 3.63) is 0 Å². The average Bonchev–Trinajstić information content (AvgIpc) is 2.76. The van der Waals surface area contributed by atoms with Gasteiger partial charge in [0.1, 0.15) is 0 Å². The van der Waals surface area contributed by atoms with Crippen molar-refractivity contribution in [3.8, 4) is 0 Å². The SMILES string of the molecule is CCOC(=O)N1CCN(C2CNCC2C)CC1. The molecule has 1 amide bonds. The normalized spacial score (nSPS) is 30.6. The summed E-state index contributed by atoms with van der Waals surface area (Å²) in [7, 11) is 0. The fourth-order valence-corrected chi connectivity index (χ4v) is 2.74. The highest BCUT2D eigenvalue weighted by atomic mass is 16.6. The number of ether oxygens (including phenoxy) is 1. The van der Waals surface area contributed by atoms with Gasteiger partial charge in [0, 0.05) is 38.8 Å². The lowest BCUT2D eigenvalue weighted by Crippen LogP contribution is -2.53. The number of piperazine rings is 1. The summed E-state index contributed by atoms with van der Waals surface area (Å²) in [4.78, 5) is 15.9. The van der Waals surface area contributed by atoms with Crippen molar-refractivity contribution in [2.24, 2.45) is 5.92 Å². The highest BCUT2D eigenvalue weighted by Gasteiger charge is 2.32. The summed E-state index contributed by atoms with van der Waals surface area (Å²) in [6.07, 6.45) is -0.162. The number of hydrogen-bond acceptors (Lipinski definition) is 4. The van der Waals surface area contributed by atoms with Gasteiger partial charge in [-0.15, -0.1) is 0 Å². The molecule has 0 aliphatic carbocycles. The van der Waals surface area contributed by atoms with Gasteiger partial charge in [-0.2, -0.15) is 0 Å². The van der Waals surface area contributed by atoms with E-state index in [4.69, 9.17) is 4.74 Å². The zero-order valence-corrected chi connectivity index (χ0v) is 10.8. The molecule has 98 valence electrons. The molecule has 0 aromatic carbocycles. The van der Waals surface area contributed by atoms with Gasteiger partial charge >= 0.3 is 6.09 Å². The lowest BCUT2D eigenvalue weighted by Gasteiger charge is -2.38. The summed E-state index contributed by atoms with van der Waals surface area (Å²) in [6.45, 7) is 10.3. The van der Waals surface area contributed by atoms with E-state index >= 15 is 0 Å². The summed E-state index contributed by atoms with van der Waals surface area (Å²) in [5.74, 6) is 0.712. The number of amides is 1. The molecule has 2 aliphatic heterocycles. The van der Waals surface area contributed by atoms with Gasteiger partial charge in [0.2, 0.25) is 0 Å². The van der Waals surface area contributed by atoms with E-state index in [1.165, 1.54) is 0 Å². The Kier molecular flexibility index (Phi) is 4.23. The molecule has 2 heterocycles. The van der Waals surface area contributed by atoms with Crippen LogP contribution in [0.25, 0.3) is 0 Å². The Morgan fingerprint density at radius 1 is 1.29 bits per heavy atom. The molecule has 2 unspecified atom stereocenters. The van der Waals surface area contributed by atoms with Crippen molar-refractivity contribution in [1.29, 1.82) is 0 Å². The molecule has 5 heteroatoms. The first kappa shape index (κ1) is 12.6. The van der Waals surface area contributed by atoms with Crippen molar-refractivity contribution in [1.82, 2.24) is 15.1 Å². The predicted molar refractivity (Wildman–Crippen MR) is 66.0 cm³/mol. The van der Waals surface area contributed by atoms with Gasteiger partial charge in [0.25, 0.3) is 0 Å². The van der Waals surface area contributed by atoms with E-state index in [-0.39, 0.29) is 6.09 Å². The molecule has 0 bridgehead atoms. The zero-order valence-electron chi connectivity index (χ0n) is 10.8. The van der Waals surface area contributed by atoms with Gasteiger partial charge in [0.05, 0.1) is 6.61 Å². The molecule has 0 radical (unpaired) electrons. The third-order valence-electron chi connectivity index (χ3n) is 3.79. The highest BCUT2D eigenvalue weighted by molar-refractivity contribution is 5.67. The summed E-state index contributed by atoms with van der Waals surface area (Å²) >= 11 is 0. The Morgan fingerprint density at radius 3 is 2.53 bits per heavy atom. The Bertz CT molecular complexity index is 264. The number of carbonyl (C=O) groups excluding carboxylic acids is 1. The lowest BCUT2D eigenvalue weighted by molar-refractivity contribution is 0.0629. The second-order valence-corrected chi connectivity index (χ2v) is 4.92. The van der Waals surface area contributed by atoms with Crippen LogP contribution in [0.3, 0.4) is 0 Å². The van der Waals surface area contributed by atoms with Gasteiger partial charge in [0.15, 0.2) is 0 Å². The second kappa shape index (κ2) is 5.69. The number of nitrogens with one attached hydrogen (secondary N) is 1. The van der Waals surface area contributed by atoms with Crippen LogP contribution in [-0.2, 0) is 4.74 Å². The first-order valence-corrected chi connectivity index (χ1v) is 6.59. The molecule has 5 nitrogen and oxygen atoms in total. The Hall–Kier alpha value is -0.810. The zero-order chi connectivity index (χ0) is 12.3. The molecule has 0 spiro atoms. The largest absolute Gasteiger partial charge is 0.450 e. The molecule has 0 saturated carbocycles. The third-order valence-corrected chi connectivity index (χ3v) is 3.79. The fourth-order valence-electron chi connectivity index (χ4n) is 2.74. The Labute approximate surface area is 103 Å². The summed E-state index contributed by atoms with van der Waals surface area (Å²) < 4.78 is 5.02. The van der Waals surface area contributed by atoms with Gasteiger partial charge in [-0.1, -0.05) is 6.92 Å². The summed E-state index contributed by atoms with van der Waals surface area (Å²) in [5, 5.41) is 3.43. The molecular weight excluding hydrogens is 218 g/mol. The number of hydrogen-bond donors (Lipinski definition) is 1. The molecule has 2 atom stereocenters. The van der Waals surface area contributed by atoms with Crippen molar-refractivity contribution in [2.75, 3.05) is 45.9 Å². The number of rotatable bonds is 2. The minimum absolute atomic E-state index is 0.162. The molecule has 2 fully saturated rings. The van der Waals surface area contributed by atoms with Crippen LogP contribution in [0.5, 0.6) is 0 Å². The minimum atomic E-state index is -0.162. The first-order chi connectivity index (χ1) is 8.22. The van der Waals surface area contributed by atoms with E-state index in [1.807, 2.05) is 11.8 Å². The van der Waals surface area contributed by atoms with Gasteiger partial charge < -0.3 is 15.0 Å². The van der Waals surface area contributed by atoms with Crippen molar-refractivity contribution >= 4 is 6.09 Å². The van der Waals surface area contributed by atoms with E-state index in [9.17, 15) is 4.79 Å². The molecule has 2 aliphatic rings. The van der Waals surface area contributed by atoms with Crippen LogP contribution in [0.15, 0.2) is 0 Å². The maximum absolute atomic E-state index is 11.6. The molecule has 0 aromatic rings. The Morgan fingerprint density at radius 2 is 2.00 bits per heavy atom. The molecule has 2 saturated heterocycles. The van der Waals surface area contributed by atoms with Crippen LogP contribution < -0.4 is 5.32 Å². The number of carbonyl (C=O) groups is 1. The topological polar surface area (TPSA) is 44.8 Å². The lowest BCUT2D eigenvalue weighted by atomic mass is 10.0. The molecule has 0 aromatic heterocycles. The van der Waals surface area contributed by atoms with E-state index in [1.54, 1.807) is 0 Å². The van der Waals surface area contributed by atoms with Crippen molar-refractivity contribution in [3.63, 3.8) is 0 Å². The maximum atomic E-state index is 11.6. The van der Waals surface area contributed by atoms with Crippen LogP contribution in [0, 0.1) is 5.92 Å². The fraction of sp³-hybridized carbons (Fsp3) is 0.917. The van der Waals surface area contributed by atoms with E-state index in [2.05, 4.69) is 17.1 Å². The Balaban J connectivity index is 1.79. The molecular formula is C12H23N3O2. The van der Waals surface area contributed by atoms with E-state index < -0.39 is 0 Å². The smallest absolute Gasteiger partial charge is 0.409 e. The second-order valence-electron chi connectivity index (χ2n) is 4.92.